The lowest BCUT2D eigenvalue weighted by Gasteiger charge is -2.15. The summed E-state index contributed by atoms with van der Waals surface area (Å²) in [6.45, 7) is 1.78. The quantitative estimate of drug-likeness (QED) is 0.896. The molecule has 1 unspecified atom stereocenters. The maximum absolute atomic E-state index is 12.3. The Bertz CT molecular complexity index is 561. The predicted octanol–water partition coefficient (Wildman–Crippen LogP) is 0.790. The highest BCUT2D eigenvalue weighted by Gasteiger charge is 2.29. The van der Waals surface area contributed by atoms with Crippen molar-refractivity contribution in [3.63, 3.8) is 0 Å². The number of carbonyl (C=O) groups is 3. The van der Waals surface area contributed by atoms with E-state index in [1.807, 2.05) is 0 Å². The Morgan fingerprint density at radius 3 is 1.85 bits per heavy atom. The Labute approximate surface area is 120 Å². The van der Waals surface area contributed by atoms with E-state index in [0.717, 1.165) is 5.30 Å². The normalized spacial score (nSPS) is 10.5. The molecule has 1 heterocycles. The second-order valence-corrected chi connectivity index (χ2v) is 6.35. The molecule has 0 fully saturated rings. The first-order chi connectivity index (χ1) is 9.22. The second-order valence-electron chi connectivity index (χ2n) is 4.85. The molecule has 7 heteroatoms. The van der Waals surface area contributed by atoms with E-state index < -0.39 is 0 Å². The van der Waals surface area contributed by atoms with Crippen LogP contribution in [0.15, 0.2) is 0 Å². The summed E-state index contributed by atoms with van der Waals surface area (Å²) in [5, 5.41) is 3.70. The zero-order valence-corrected chi connectivity index (χ0v) is 13.6. The average molecular weight is 297 g/mol. The fourth-order valence-electron chi connectivity index (χ4n) is 1.86. The van der Waals surface area contributed by atoms with Crippen molar-refractivity contribution in [2.75, 3.05) is 35.2 Å². The molecule has 6 nitrogen and oxygen atoms in total. The van der Waals surface area contributed by atoms with E-state index in [0.29, 0.717) is 10.9 Å². The van der Waals surface area contributed by atoms with Gasteiger partial charge in [0.15, 0.2) is 0 Å². The fourth-order valence-corrected chi connectivity index (χ4v) is 3.28. The molecular weight excluding hydrogens is 277 g/mol. The highest BCUT2D eigenvalue weighted by molar-refractivity contribution is 7.34. The number of aryl methyl sites for hydroxylation is 1. The first-order valence-electron chi connectivity index (χ1n) is 6.10. The number of nitrogens with one attached hydrogen (secondary N) is 1. The first-order valence-corrected chi connectivity index (χ1v) is 7.10. The van der Waals surface area contributed by atoms with Gasteiger partial charge in [-0.2, -0.15) is 0 Å². The lowest BCUT2D eigenvalue weighted by Crippen LogP contribution is -2.30. The van der Waals surface area contributed by atoms with E-state index in [1.54, 1.807) is 35.1 Å². The molecule has 20 heavy (non-hydrogen) atoms. The smallest absolute Gasteiger partial charge is 0.257 e. The van der Waals surface area contributed by atoms with Crippen molar-refractivity contribution in [3.8, 4) is 0 Å². The highest BCUT2D eigenvalue weighted by Crippen LogP contribution is 2.33. The predicted molar refractivity (Wildman–Crippen MR) is 80.1 cm³/mol. The molecule has 110 valence electrons. The molecule has 0 aliphatic heterocycles. The summed E-state index contributed by atoms with van der Waals surface area (Å²) in [5.74, 6) is -0.883. The summed E-state index contributed by atoms with van der Waals surface area (Å²) in [6.07, 6.45) is 0. The van der Waals surface area contributed by atoms with Gasteiger partial charge < -0.3 is 15.1 Å². The first kappa shape index (κ1) is 16.2. The molecule has 0 aliphatic rings. The summed E-state index contributed by atoms with van der Waals surface area (Å²) >= 11 is 0. The zero-order valence-electron chi connectivity index (χ0n) is 12.6. The van der Waals surface area contributed by atoms with Gasteiger partial charge in [0, 0.05) is 35.2 Å². The Balaban J connectivity index is 3.58. The van der Waals surface area contributed by atoms with E-state index in [2.05, 4.69) is 5.32 Å². The maximum Gasteiger partial charge on any atom is 0.257 e. The summed E-state index contributed by atoms with van der Waals surface area (Å²) in [5.41, 5.74) is 0.554. The monoisotopic (exact) mass is 297 g/mol. The molecule has 0 radical (unpaired) electrons. The minimum absolute atomic E-state index is 0.0483. The Morgan fingerprint density at radius 2 is 1.45 bits per heavy atom. The Hall–Kier alpha value is -1.81. The van der Waals surface area contributed by atoms with Crippen molar-refractivity contribution in [2.24, 2.45) is 0 Å². The van der Waals surface area contributed by atoms with Crippen molar-refractivity contribution in [3.05, 3.63) is 21.7 Å². The van der Waals surface area contributed by atoms with Crippen LogP contribution < -0.4 is 5.32 Å². The molecule has 0 bridgehead atoms. The number of hydrogen-bond acceptors (Lipinski definition) is 3. The number of nitrogens with zero attached hydrogens (tertiary/aromatic N) is 2. The van der Waals surface area contributed by atoms with Gasteiger partial charge in [-0.3, -0.25) is 14.4 Å². The summed E-state index contributed by atoms with van der Waals surface area (Å²) in [7, 11) is 8.02. The third kappa shape index (κ3) is 2.85. The van der Waals surface area contributed by atoms with Gasteiger partial charge in [-0.25, -0.2) is 0 Å². The van der Waals surface area contributed by atoms with Gasteiger partial charge in [-0.15, -0.1) is 8.19 Å². The van der Waals surface area contributed by atoms with Crippen molar-refractivity contribution < 1.29 is 14.4 Å². The maximum atomic E-state index is 12.3. The van der Waals surface area contributed by atoms with E-state index in [1.165, 1.54) is 16.8 Å². The van der Waals surface area contributed by atoms with Gasteiger partial charge in [0.05, 0.1) is 16.4 Å². The third-order valence-corrected chi connectivity index (χ3v) is 4.22. The van der Waals surface area contributed by atoms with Gasteiger partial charge >= 0.3 is 0 Å². The molecule has 1 N–H and O–H groups in total. The van der Waals surface area contributed by atoms with Crippen LogP contribution in [0.3, 0.4) is 0 Å². The molecule has 0 saturated carbocycles. The van der Waals surface area contributed by atoms with Gasteiger partial charge in [-0.05, 0) is 12.2 Å². The standard InChI is InChI=1S/C13H20N3O3P/c1-7-8(11(17)14-2)9(12(18)15(3)4)10(20-7)13(19)16(5)6/h20H,1-6H3,(H,14,17). The Kier molecular flexibility index (Phi) is 4.95. The summed E-state index contributed by atoms with van der Waals surface area (Å²) < 4.78 is 0. The van der Waals surface area contributed by atoms with Crippen molar-refractivity contribution in [2.45, 2.75) is 6.92 Å². The molecule has 1 aromatic heterocycles. The molecule has 1 atom stereocenters. The molecular formula is C13H20N3O3P. The van der Waals surface area contributed by atoms with Crippen LogP contribution in [-0.2, 0) is 0 Å². The van der Waals surface area contributed by atoms with Crippen LogP contribution in [0, 0.1) is 6.92 Å². The lowest BCUT2D eigenvalue weighted by atomic mass is 10.1. The molecule has 0 aliphatic carbocycles. The number of hydrogen-bond donors (Lipinski definition) is 1. The van der Waals surface area contributed by atoms with Crippen molar-refractivity contribution >= 4 is 25.9 Å². The lowest BCUT2D eigenvalue weighted by molar-refractivity contribution is 0.0791. The molecule has 3 amide bonds. The van der Waals surface area contributed by atoms with Gasteiger partial charge in [0.1, 0.15) is 0 Å². The van der Waals surface area contributed by atoms with E-state index in [9.17, 15) is 14.4 Å². The van der Waals surface area contributed by atoms with Crippen LogP contribution in [0.5, 0.6) is 0 Å². The van der Waals surface area contributed by atoms with Gasteiger partial charge in [0.25, 0.3) is 17.7 Å². The van der Waals surface area contributed by atoms with Crippen LogP contribution in [-0.4, -0.2) is 62.8 Å². The zero-order chi connectivity index (χ0) is 15.6. The highest BCUT2D eigenvalue weighted by atomic mass is 31.0. The van der Waals surface area contributed by atoms with Gasteiger partial charge in [0.2, 0.25) is 0 Å². The Morgan fingerprint density at radius 1 is 0.950 bits per heavy atom. The van der Waals surface area contributed by atoms with Crippen molar-refractivity contribution in [1.82, 2.24) is 15.1 Å². The van der Waals surface area contributed by atoms with Crippen LogP contribution in [0.1, 0.15) is 36.1 Å². The van der Waals surface area contributed by atoms with Crippen LogP contribution >= 0.6 is 8.19 Å². The molecule has 1 rings (SSSR count). The van der Waals surface area contributed by atoms with Crippen LogP contribution in [0.4, 0.5) is 0 Å². The van der Waals surface area contributed by atoms with E-state index in [4.69, 9.17) is 0 Å². The summed E-state index contributed by atoms with van der Waals surface area (Å²) in [6, 6.07) is 0. The fraction of sp³-hybridized carbons (Fsp3) is 0.462. The van der Waals surface area contributed by atoms with E-state index in [-0.39, 0.29) is 31.5 Å². The largest absolute Gasteiger partial charge is 0.355 e. The molecule has 1 aromatic rings. The van der Waals surface area contributed by atoms with Crippen LogP contribution in [0.2, 0.25) is 0 Å². The topological polar surface area (TPSA) is 69.7 Å². The number of carbonyl (C=O) groups excluding carboxylic acids is 3. The third-order valence-electron chi connectivity index (χ3n) is 2.88. The van der Waals surface area contributed by atoms with Crippen molar-refractivity contribution in [1.29, 1.82) is 0 Å². The SMILES string of the molecule is CNC(=O)c1c(C)[pH]c(C(=O)N(C)C)c1C(=O)N(C)C. The minimum Gasteiger partial charge on any atom is -0.355 e. The minimum atomic E-state index is -0.332. The van der Waals surface area contributed by atoms with E-state index >= 15 is 0 Å². The number of rotatable bonds is 3. The second kappa shape index (κ2) is 6.09. The number of amides is 3. The van der Waals surface area contributed by atoms with Gasteiger partial charge in [-0.1, -0.05) is 0 Å². The molecule has 0 spiro atoms. The average Bonchev–Trinajstić information content (AvgIpc) is 2.72. The summed E-state index contributed by atoms with van der Waals surface area (Å²) in [4.78, 5) is 39.4. The molecule has 0 saturated heterocycles. The van der Waals surface area contributed by atoms with Crippen LogP contribution in [0.25, 0.3) is 0 Å². The molecule has 0 aromatic carbocycles.